The molecule has 2 bridgehead atoms. The summed E-state index contributed by atoms with van der Waals surface area (Å²) in [6, 6.07) is 0.926. The number of hydrogen-bond acceptors (Lipinski definition) is 4. The molecule has 0 aromatic heterocycles. The first-order chi connectivity index (χ1) is 9.63. The molecule has 3 fully saturated rings. The summed E-state index contributed by atoms with van der Waals surface area (Å²) in [5, 5.41) is 12.4. The maximum Gasteiger partial charge on any atom is 0.317 e. The minimum absolute atomic E-state index is 0.0811. The molecule has 3 unspecified atom stereocenters. The number of nitrogens with zero attached hydrogens (tertiary/aromatic N) is 2. The second-order valence-corrected chi connectivity index (χ2v) is 6.24. The number of carboxylic acids is 1. The quantitative estimate of drug-likeness (QED) is 0.746. The van der Waals surface area contributed by atoms with Crippen LogP contribution in [-0.2, 0) is 9.59 Å². The van der Waals surface area contributed by atoms with E-state index in [4.69, 9.17) is 5.11 Å². The maximum absolute atomic E-state index is 12.6. The van der Waals surface area contributed by atoms with Crippen molar-refractivity contribution in [1.82, 2.24) is 15.1 Å². The lowest BCUT2D eigenvalue weighted by Gasteiger charge is -2.27. The van der Waals surface area contributed by atoms with Crippen molar-refractivity contribution in [2.75, 3.05) is 32.7 Å². The zero-order chi connectivity index (χ0) is 14.1. The van der Waals surface area contributed by atoms with Crippen molar-refractivity contribution >= 4 is 11.9 Å². The van der Waals surface area contributed by atoms with Crippen LogP contribution in [0.3, 0.4) is 0 Å². The van der Waals surface area contributed by atoms with Crippen molar-refractivity contribution in [2.24, 2.45) is 5.92 Å². The van der Waals surface area contributed by atoms with E-state index >= 15 is 0 Å². The first-order valence-corrected chi connectivity index (χ1v) is 7.62. The van der Waals surface area contributed by atoms with Crippen LogP contribution in [0.4, 0.5) is 0 Å². The molecule has 20 heavy (non-hydrogen) atoms. The van der Waals surface area contributed by atoms with Gasteiger partial charge in [0.2, 0.25) is 5.91 Å². The molecule has 3 heterocycles. The average Bonchev–Trinajstić information content (AvgIpc) is 2.96. The van der Waals surface area contributed by atoms with Crippen LogP contribution in [0, 0.1) is 5.92 Å². The third kappa shape index (κ3) is 2.81. The predicted molar refractivity (Wildman–Crippen MR) is 73.3 cm³/mol. The molecule has 0 radical (unpaired) electrons. The van der Waals surface area contributed by atoms with Crippen LogP contribution >= 0.6 is 0 Å². The number of amides is 1. The number of rotatable bonds is 3. The van der Waals surface area contributed by atoms with Gasteiger partial charge in [-0.15, -0.1) is 0 Å². The topological polar surface area (TPSA) is 72.9 Å². The van der Waals surface area contributed by atoms with Crippen molar-refractivity contribution < 1.29 is 14.7 Å². The molecule has 6 heteroatoms. The van der Waals surface area contributed by atoms with Gasteiger partial charge in [0.05, 0.1) is 12.5 Å². The van der Waals surface area contributed by atoms with Crippen molar-refractivity contribution in [2.45, 2.75) is 37.8 Å². The molecule has 3 aliphatic rings. The Morgan fingerprint density at radius 1 is 1.15 bits per heavy atom. The van der Waals surface area contributed by atoms with Gasteiger partial charge in [0.15, 0.2) is 0 Å². The number of carbonyl (C=O) groups is 2. The molecule has 2 N–H and O–H groups in total. The third-order valence-corrected chi connectivity index (χ3v) is 4.88. The summed E-state index contributed by atoms with van der Waals surface area (Å²) in [6.45, 7) is 2.96. The van der Waals surface area contributed by atoms with E-state index in [1.165, 1.54) is 6.42 Å². The molecule has 3 aliphatic heterocycles. The van der Waals surface area contributed by atoms with Crippen molar-refractivity contribution in [3.63, 3.8) is 0 Å². The number of carbonyl (C=O) groups excluding carboxylic acids is 1. The van der Waals surface area contributed by atoms with Crippen molar-refractivity contribution in [3.8, 4) is 0 Å². The van der Waals surface area contributed by atoms with E-state index in [2.05, 4.69) is 5.32 Å². The van der Waals surface area contributed by atoms with Crippen LogP contribution in [0.15, 0.2) is 0 Å². The summed E-state index contributed by atoms with van der Waals surface area (Å²) in [4.78, 5) is 27.3. The molecule has 3 atom stereocenters. The van der Waals surface area contributed by atoms with Gasteiger partial charge in [0, 0.05) is 38.3 Å². The van der Waals surface area contributed by atoms with Gasteiger partial charge >= 0.3 is 5.97 Å². The summed E-state index contributed by atoms with van der Waals surface area (Å²) in [7, 11) is 0. The van der Waals surface area contributed by atoms with E-state index in [-0.39, 0.29) is 18.4 Å². The molecule has 3 saturated heterocycles. The minimum atomic E-state index is -0.790. The molecular weight excluding hydrogens is 258 g/mol. The normalized spacial score (nSPS) is 34.2. The van der Waals surface area contributed by atoms with Gasteiger partial charge in [-0.1, -0.05) is 0 Å². The second kappa shape index (κ2) is 5.69. The van der Waals surface area contributed by atoms with E-state index in [0.717, 1.165) is 32.4 Å². The highest BCUT2D eigenvalue weighted by molar-refractivity contribution is 5.80. The van der Waals surface area contributed by atoms with E-state index in [1.54, 1.807) is 0 Å². The fourth-order valence-corrected chi connectivity index (χ4v) is 3.87. The maximum atomic E-state index is 12.6. The van der Waals surface area contributed by atoms with Crippen LogP contribution < -0.4 is 5.32 Å². The monoisotopic (exact) mass is 281 g/mol. The van der Waals surface area contributed by atoms with E-state index in [0.29, 0.717) is 25.2 Å². The summed E-state index contributed by atoms with van der Waals surface area (Å²) in [5.41, 5.74) is 0. The number of carboxylic acid groups (broad SMARTS) is 1. The third-order valence-electron chi connectivity index (χ3n) is 4.88. The van der Waals surface area contributed by atoms with Crippen molar-refractivity contribution in [1.29, 1.82) is 0 Å². The largest absolute Gasteiger partial charge is 0.480 e. The molecule has 0 aromatic carbocycles. The Morgan fingerprint density at radius 2 is 2.00 bits per heavy atom. The average molecular weight is 281 g/mol. The lowest BCUT2D eigenvalue weighted by Crippen LogP contribution is -2.43. The summed E-state index contributed by atoms with van der Waals surface area (Å²) in [6.07, 6.45) is 4.19. The molecule has 112 valence electrons. The summed E-state index contributed by atoms with van der Waals surface area (Å²) in [5.74, 6) is -0.358. The van der Waals surface area contributed by atoms with Gasteiger partial charge < -0.3 is 15.3 Å². The van der Waals surface area contributed by atoms with Gasteiger partial charge in [-0.3, -0.25) is 14.5 Å². The molecule has 0 aromatic rings. The van der Waals surface area contributed by atoms with Crippen LogP contribution in [0.1, 0.15) is 25.7 Å². The standard InChI is InChI=1S/C14H23N3O3/c18-13(19)9-16-4-1-5-17(7-6-16)14(20)11-8-10-2-3-12(11)15-10/h10-12,15H,1-9H2,(H,18,19). The van der Waals surface area contributed by atoms with E-state index in [9.17, 15) is 9.59 Å². The Bertz CT molecular complexity index is 401. The summed E-state index contributed by atoms with van der Waals surface area (Å²) < 4.78 is 0. The van der Waals surface area contributed by atoms with Gasteiger partial charge in [0.1, 0.15) is 0 Å². The lowest BCUT2D eigenvalue weighted by molar-refractivity contribution is -0.138. The SMILES string of the molecule is O=C(O)CN1CCCN(C(=O)C2CC3CCC2N3)CC1. The Kier molecular flexibility index (Phi) is 3.94. The Balaban J connectivity index is 1.55. The Morgan fingerprint density at radius 3 is 2.65 bits per heavy atom. The number of fused-ring (bicyclic) bond motifs is 2. The second-order valence-electron chi connectivity index (χ2n) is 6.24. The molecule has 3 rings (SSSR count). The van der Waals surface area contributed by atoms with E-state index < -0.39 is 5.97 Å². The number of nitrogens with one attached hydrogen (secondary N) is 1. The first-order valence-electron chi connectivity index (χ1n) is 7.62. The highest BCUT2D eigenvalue weighted by Crippen LogP contribution is 2.34. The highest BCUT2D eigenvalue weighted by atomic mass is 16.4. The fourth-order valence-electron chi connectivity index (χ4n) is 3.87. The molecule has 0 spiro atoms. The highest BCUT2D eigenvalue weighted by Gasteiger charge is 2.44. The Hall–Kier alpha value is -1.14. The zero-order valence-electron chi connectivity index (χ0n) is 11.8. The molecule has 0 aliphatic carbocycles. The minimum Gasteiger partial charge on any atom is -0.480 e. The molecule has 1 amide bonds. The fraction of sp³-hybridized carbons (Fsp3) is 0.857. The Labute approximate surface area is 119 Å². The molecule has 0 saturated carbocycles. The van der Waals surface area contributed by atoms with Gasteiger partial charge in [-0.2, -0.15) is 0 Å². The first kappa shape index (κ1) is 13.8. The molecular formula is C14H23N3O3. The van der Waals surface area contributed by atoms with Gasteiger partial charge in [0.25, 0.3) is 0 Å². The van der Waals surface area contributed by atoms with Crippen LogP contribution in [0.2, 0.25) is 0 Å². The smallest absolute Gasteiger partial charge is 0.317 e. The predicted octanol–water partition coefficient (Wildman–Crippen LogP) is -0.254. The van der Waals surface area contributed by atoms with Crippen LogP contribution in [0.5, 0.6) is 0 Å². The van der Waals surface area contributed by atoms with Crippen LogP contribution in [0.25, 0.3) is 0 Å². The lowest BCUT2D eigenvalue weighted by atomic mass is 9.88. The number of aliphatic carboxylic acids is 1. The molecule has 6 nitrogen and oxygen atoms in total. The van der Waals surface area contributed by atoms with E-state index in [1.807, 2.05) is 9.80 Å². The van der Waals surface area contributed by atoms with Gasteiger partial charge in [-0.05, 0) is 25.7 Å². The summed E-state index contributed by atoms with van der Waals surface area (Å²) >= 11 is 0. The zero-order valence-corrected chi connectivity index (χ0v) is 11.8. The number of hydrogen-bond donors (Lipinski definition) is 2. The van der Waals surface area contributed by atoms with Crippen molar-refractivity contribution in [3.05, 3.63) is 0 Å². The van der Waals surface area contributed by atoms with Gasteiger partial charge in [-0.25, -0.2) is 0 Å². The van der Waals surface area contributed by atoms with Crippen LogP contribution in [-0.4, -0.2) is 71.6 Å².